The van der Waals surface area contributed by atoms with E-state index in [1.807, 2.05) is 0 Å². The monoisotopic (exact) mass is 300 g/mol. The van der Waals surface area contributed by atoms with Crippen molar-refractivity contribution >= 4 is 11.0 Å². The van der Waals surface area contributed by atoms with Crippen molar-refractivity contribution in [3.63, 3.8) is 0 Å². The van der Waals surface area contributed by atoms with Crippen molar-refractivity contribution in [1.29, 1.82) is 0 Å². The highest BCUT2D eigenvalue weighted by Crippen LogP contribution is 2.18. The number of likely N-dealkylation sites (tertiary alicyclic amines) is 1. The number of hydrogen-bond donors (Lipinski definition) is 1. The Hall–Kier alpha value is -1.39. The van der Waals surface area contributed by atoms with Crippen LogP contribution in [0, 0.1) is 0 Å². The number of unbranched alkanes of at least 4 members (excludes halogenated alkanes) is 2. The number of fused-ring (bicyclic) bond motifs is 1. The smallest absolute Gasteiger partial charge is 0.109 e. The maximum Gasteiger partial charge on any atom is 0.109 e. The van der Waals surface area contributed by atoms with Crippen LogP contribution in [0.1, 0.15) is 37.9 Å². The molecule has 0 saturated carbocycles. The van der Waals surface area contributed by atoms with Crippen LogP contribution < -0.4 is 5.73 Å². The van der Waals surface area contributed by atoms with E-state index in [2.05, 4.69) is 33.7 Å². The quantitative estimate of drug-likeness (QED) is 0.763. The third-order valence-electron chi connectivity index (χ3n) is 4.68. The van der Waals surface area contributed by atoms with Gasteiger partial charge in [-0.25, -0.2) is 4.98 Å². The van der Waals surface area contributed by atoms with Crippen molar-refractivity contribution in [2.24, 2.45) is 5.73 Å². The lowest BCUT2D eigenvalue weighted by molar-refractivity contribution is 0.322. The summed E-state index contributed by atoms with van der Waals surface area (Å²) in [4.78, 5) is 7.45. The van der Waals surface area contributed by atoms with Gasteiger partial charge in [-0.3, -0.25) is 0 Å². The van der Waals surface area contributed by atoms with Crippen LogP contribution >= 0.6 is 0 Å². The molecule has 120 valence electrons. The second-order valence-corrected chi connectivity index (χ2v) is 6.32. The summed E-state index contributed by atoms with van der Waals surface area (Å²) < 4.78 is 2.44. The molecule has 1 aromatic heterocycles. The van der Waals surface area contributed by atoms with Crippen LogP contribution in [0.25, 0.3) is 11.0 Å². The minimum absolute atomic E-state index is 0.797. The van der Waals surface area contributed by atoms with Gasteiger partial charge in [0.05, 0.1) is 11.0 Å². The SMILES string of the molecule is NCCCCCc1nc2ccccc2n1CCN1CCCC1. The van der Waals surface area contributed by atoms with Crippen LogP contribution in [-0.2, 0) is 13.0 Å². The summed E-state index contributed by atoms with van der Waals surface area (Å²) >= 11 is 0. The van der Waals surface area contributed by atoms with Crippen LogP contribution in [-0.4, -0.2) is 40.6 Å². The third-order valence-corrected chi connectivity index (χ3v) is 4.68. The molecule has 1 aliphatic rings. The predicted molar refractivity (Wildman–Crippen MR) is 92.0 cm³/mol. The topological polar surface area (TPSA) is 47.1 Å². The highest BCUT2D eigenvalue weighted by Gasteiger charge is 2.14. The number of hydrogen-bond acceptors (Lipinski definition) is 3. The Bertz CT molecular complexity index is 584. The van der Waals surface area contributed by atoms with E-state index in [1.54, 1.807) is 0 Å². The number of imidazole rings is 1. The lowest BCUT2D eigenvalue weighted by Crippen LogP contribution is -2.24. The van der Waals surface area contributed by atoms with E-state index < -0.39 is 0 Å². The van der Waals surface area contributed by atoms with Crippen LogP contribution in [0.4, 0.5) is 0 Å². The lowest BCUT2D eigenvalue weighted by Gasteiger charge is -2.16. The molecule has 0 atom stereocenters. The molecule has 1 saturated heterocycles. The fourth-order valence-corrected chi connectivity index (χ4v) is 3.42. The van der Waals surface area contributed by atoms with Gasteiger partial charge in [-0.05, 0) is 57.5 Å². The normalized spacial score (nSPS) is 15.9. The molecule has 1 fully saturated rings. The Morgan fingerprint density at radius 1 is 1.00 bits per heavy atom. The van der Waals surface area contributed by atoms with Gasteiger partial charge in [0.15, 0.2) is 0 Å². The van der Waals surface area contributed by atoms with Gasteiger partial charge in [0.25, 0.3) is 0 Å². The zero-order valence-corrected chi connectivity index (χ0v) is 13.5. The fourth-order valence-electron chi connectivity index (χ4n) is 3.42. The van der Waals surface area contributed by atoms with Crippen LogP contribution in [0.15, 0.2) is 24.3 Å². The van der Waals surface area contributed by atoms with E-state index in [9.17, 15) is 0 Å². The van der Waals surface area contributed by atoms with Gasteiger partial charge < -0.3 is 15.2 Å². The third kappa shape index (κ3) is 3.68. The highest BCUT2D eigenvalue weighted by molar-refractivity contribution is 5.75. The molecule has 22 heavy (non-hydrogen) atoms. The number of nitrogens with two attached hydrogens (primary N) is 1. The van der Waals surface area contributed by atoms with E-state index in [1.165, 1.54) is 50.1 Å². The second kappa shape index (κ2) is 7.75. The molecule has 3 rings (SSSR count). The van der Waals surface area contributed by atoms with Crippen molar-refractivity contribution in [2.45, 2.75) is 45.1 Å². The number of benzene rings is 1. The average Bonchev–Trinajstić information content (AvgIpc) is 3.17. The molecule has 1 aliphatic heterocycles. The Morgan fingerprint density at radius 2 is 1.82 bits per heavy atom. The molecule has 4 nitrogen and oxygen atoms in total. The fraction of sp³-hybridized carbons (Fsp3) is 0.611. The summed E-state index contributed by atoms with van der Waals surface area (Å²) in [6, 6.07) is 8.54. The first-order valence-electron chi connectivity index (χ1n) is 8.75. The van der Waals surface area contributed by atoms with Crippen molar-refractivity contribution in [3.05, 3.63) is 30.1 Å². The molecular weight excluding hydrogens is 272 g/mol. The first kappa shape index (κ1) is 15.5. The highest BCUT2D eigenvalue weighted by atomic mass is 15.2. The van der Waals surface area contributed by atoms with Crippen molar-refractivity contribution in [2.75, 3.05) is 26.2 Å². The van der Waals surface area contributed by atoms with Gasteiger partial charge in [-0.1, -0.05) is 18.6 Å². The zero-order chi connectivity index (χ0) is 15.2. The van der Waals surface area contributed by atoms with Crippen molar-refractivity contribution in [3.8, 4) is 0 Å². The average molecular weight is 300 g/mol. The van der Waals surface area contributed by atoms with E-state index in [0.29, 0.717) is 0 Å². The van der Waals surface area contributed by atoms with Crippen molar-refractivity contribution in [1.82, 2.24) is 14.5 Å². The van der Waals surface area contributed by atoms with Gasteiger partial charge in [-0.15, -0.1) is 0 Å². The minimum atomic E-state index is 0.797. The summed E-state index contributed by atoms with van der Waals surface area (Å²) in [6.07, 6.45) is 7.28. The maximum absolute atomic E-state index is 5.59. The minimum Gasteiger partial charge on any atom is -0.330 e. The van der Waals surface area contributed by atoms with Crippen molar-refractivity contribution < 1.29 is 0 Å². The standard InChI is InChI=1S/C18H28N4/c19-11-5-1-2-10-18-20-16-8-3-4-9-17(16)22(18)15-14-21-12-6-7-13-21/h3-4,8-9H,1-2,5-7,10-15,19H2. The summed E-state index contributed by atoms with van der Waals surface area (Å²) in [5, 5.41) is 0. The van der Waals surface area contributed by atoms with E-state index in [-0.39, 0.29) is 0 Å². The lowest BCUT2D eigenvalue weighted by atomic mass is 10.2. The molecule has 0 spiro atoms. The molecule has 0 bridgehead atoms. The molecule has 2 N–H and O–H groups in total. The van der Waals surface area contributed by atoms with Gasteiger partial charge in [0.2, 0.25) is 0 Å². The molecule has 4 heteroatoms. The van der Waals surface area contributed by atoms with Gasteiger partial charge in [0.1, 0.15) is 5.82 Å². The molecule has 0 unspecified atom stereocenters. The first-order chi connectivity index (χ1) is 10.9. The van der Waals surface area contributed by atoms with Crippen LogP contribution in [0.5, 0.6) is 0 Å². The maximum atomic E-state index is 5.59. The number of para-hydroxylation sites is 2. The number of aryl methyl sites for hydroxylation is 1. The predicted octanol–water partition coefficient (Wildman–Crippen LogP) is 2.80. The van der Waals surface area contributed by atoms with Gasteiger partial charge in [0, 0.05) is 19.5 Å². The molecule has 1 aromatic carbocycles. The number of aromatic nitrogens is 2. The summed E-state index contributed by atoms with van der Waals surface area (Å²) in [6.45, 7) is 5.53. The second-order valence-electron chi connectivity index (χ2n) is 6.32. The van der Waals surface area contributed by atoms with Gasteiger partial charge >= 0.3 is 0 Å². The Morgan fingerprint density at radius 3 is 2.64 bits per heavy atom. The molecular formula is C18H28N4. The Kier molecular flexibility index (Phi) is 5.46. The summed E-state index contributed by atoms with van der Waals surface area (Å²) in [5.41, 5.74) is 8.01. The number of nitrogens with zero attached hydrogens (tertiary/aromatic N) is 3. The summed E-state index contributed by atoms with van der Waals surface area (Å²) in [5.74, 6) is 1.25. The molecule has 0 radical (unpaired) electrons. The van der Waals surface area contributed by atoms with E-state index in [4.69, 9.17) is 10.7 Å². The molecule has 2 aromatic rings. The van der Waals surface area contributed by atoms with E-state index >= 15 is 0 Å². The first-order valence-corrected chi connectivity index (χ1v) is 8.75. The Balaban J connectivity index is 1.71. The molecule has 0 amide bonds. The largest absolute Gasteiger partial charge is 0.330 e. The van der Waals surface area contributed by atoms with Crippen LogP contribution in [0.3, 0.4) is 0 Å². The molecule has 2 heterocycles. The Labute approximate surface area is 133 Å². The van der Waals surface area contributed by atoms with Gasteiger partial charge in [-0.2, -0.15) is 0 Å². The summed E-state index contributed by atoms with van der Waals surface area (Å²) in [7, 11) is 0. The number of rotatable bonds is 8. The zero-order valence-electron chi connectivity index (χ0n) is 13.5. The van der Waals surface area contributed by atoms with E-state index in [0.717, 1.165) is 38.0 Å². The van der Waals surface area contributed by atoms with Crippen LogP contribution in [0.2, 0.25) is 0 Å². The molecule has 0 aliphatic carbocycles.